The number of carbonyl (C=O) groups excluding carboxylic acids is 1. The van der Waals surface area contributed by atoms with Gasteiger partial charge in [0.15, 0.2) is 6.04 Å². The van der Waals surface area contributed by atoms with E-state index in [1.807, 2.05) is 42.2 Å². The van der Waals surface area contributed by atoms with Crippen molar-refractivity contribution in [3.8, 4) is 0 Å². The molecule has 3 rings (SSSR count). The lowest BCUT2D eigenvalue weighted by Gasteiger charge is -2.29. The summed E-state index contributed by atoms with van der Waals surface area (Å²) >= 11 is 0. The predicted molar refractivity (Wildman–Crippen MR) is 82.1 cm³/mol. The fourth-order valence-electron chi connectivity index (χ4n) is 2.64. The maximum atomic E-state index is 13.0. The summed E-state index contributed by atoms with van der Waals surface area (Å²) in [5.74, 6) is 0.663. The van der Waals surface area contributed by atoms with Crippen molar-refractivity contribution in [3.63, 3.8) is 0 Å². The van der Waals surface area contributed by atoms with Gasteiger partial charge in [-0.15, -0.1) is 5.10 Å². The normalized spacial score (nSPS) is 16.3. The summed E-state index contributed by atoms with van der Waals surface area (Å²) in [5, 5.41) is 11.6. The third-order valence-corrected chi connectivity index (χ3v) is 4.00. The third-order valence-electron chi connectivity index (χ3n) is 4.00. The first-order valence-electron chi connectivity index (χ1n) is 7.40. The fourth-order valence-corrected chi connectivity index (χ4v) is 2.64. The van der Waals surface area contributed by atoms with E-state index in [1.54, 1.807) is 4.68 Å². The largest absolute Gasteiger partial charge is 0.336 e. The fraction of sp³-hybridized carbons (Fsp3) is 0.375. The Bertz CT molecular complexity index is 692. The van der Waals surface area contributed by atoms with E-state index in [-0.39, 0.29) is 5.91 Å². The number of hydrogen-bond acceptors (Lipinski definition) is 4. The molecule has 2 aromatic rings. The molecular weight excluding hydrogens is 278 g/mol. The number of tetrazole rings is 1. The number of hydrogen-bond donors (Lipinski definition) is 0. The van der Waals surface area contributed by atoms with E-state index in [0.717, 1.165) is 18.5 Å². The highest BCUT2D eigenvalue weighted by atomic mass is 16.2. The van der Waals surface area contributed by atoms with E-state index in [9.17, 15) is 4.79 Å². The smallest absolute Gasteiger partial charge is 0.252 e. The second-order valence-corrected chi connectivity index (χ2v) is 5.57. The number of aryl methyl sites for hydroxylation is 1. The Morgan fingerprint density at radius 3 is 2.59 bits per heavy atom. The molecule has 6 nitrogen and oxygen atoms in total. The summed E-state index contributed by atoms with van der Waals surface area (Å²) in [7, 11) is 0. The van der Waals surface area contributed by atoms with Crippen LogP contribution in [-0.4, -0.2) is 44.1 Å². The molecule has 1 aliphatic rings. The van der Waals surface area contributed by atoms with Gasteiger partial charge in [-0.3, -0.25) is 4.79 Å². The molecule has 0 bridgehead atoms. The van der Waals surface area contributed by atoms with Crippen molar-refractivity contribution in [2.45, 2.75) is 26.3 Å². The van der Waals surface area contributed by atoms with E-state index < -0.39 is 6.04 Å². The molecule has 0 unspecified atom stereocenters. The minimum absolute atomic E-state index is 0.0327. The molecular formula is C16H19N5O. The Hall–Kier alpha value is -2.50. The summed E-state index contributed by atoms with van der Waals surface area (Å²) in [6.07, 6.45) is 3.03. The molecule has 0 spiro atoms. The van der Waals surface area contributed by atoms with Crippen molar-refractivity contribution < 1.29 is 4.79 Å². The van der Waals surface area contributed by atoms with Crippen LogP contribution in [0.1, 0.15) is 30.8 Å². The van der Waals surface area contributed by atoms with Gasteiger partial charge < -0.3 is 4.90 Å². The van der Waals surface area contributed by atoms with Gasteiger partial charge >= 0.3 is 0 Å². The lowest BCUT2D eigenvalue weighted by atomic mass is 10.0. The van der Waals surface area contributed by atoms with Crippen LogP contribution in [0.15, 0.2) is 42.0 Å². The zero-order valence-corrected chi connectivity index (χ0v) is 12.8. The summed E-state index contributed by atoms with van der Waals surface area (Å²) in [6, 6.07) is 9.15. The van der Waals surface area contributed by atoms with E-state index >= 15 is 0 Å². The highest BCUT2D eigenvalue weighted by Crippen LogP contribution is 2.22. The van der Waals surface area contributed by atoms with Crippen LogP contribution in [0, 0.1) is 6.92 Å². The second kappa shape index (κ2) is 6.09. The zero-order valence-electron chi connectivity index (χ0n) is 12.8. The van der Waals surface area contributed by atoms with Crippen molar-refractivity contribution in [2.24, 2.45) is 0 Å². The second-order valence-electron chi connectivity index (χ2n) is 5.57. The van der Waals surface area contributed by atoms with Crippen molar-refractivity contribution in [3.05, 3.63) is 53.4 Å². The molecule has 114 valence electrons. The predicted octanol–water partition coefficient (Wildman–Crippen LogP) is 1.75. The number of nitrogens with zero attached hydrogens (tertiary/aromatic N) is 5. The van der Waals surface area contributed by atoms with Crippen LogP contribution in [-0.2, 0) is 4.79 Å². The van der Waals surface area contributed by atoms with E-state index in [2.05, 4.69) is 28.5 Å². The quantitative estimate of drug-likeness (QED) is 0.810. The number of aromatic nitrogens is 4. The van der Waals surface area contributed by atoms with Crippen LogP contribution in [0.4, 0.5) is 0 Å². The van der Waals surface area contributed by atoms with Crippen molar-refractivity contribution >= 4 is 5.91 Å². The molecule has 1 aromatic heterocycles. The molecule has 1 aromatic carbocycles. The Balaban J connectivity index is 1.96. The monoisotopic (exact) mass is 297 g/mol. The topological polar surface area (TPSA) is 63.9 Å². The van der Waals surface area contributed by atoms with Gasteiger partial charge in [-0.1, -0.05) is 42.0 Å². The highest BCUT2D eigenvalue weighted by molar-refractivity contribution is 5.84. The van der Waals surface area contributed by atoms with Crippen molar-refractivity contribution in [2.75, 3.05) is 13.1 Å². The first-order chi connectivity index (χ1) is 10.7. The lowest BCUT2D eigenvalue weighted by molar-refractivity contribution is -0.133. The van der Waals surface area contributed by atoms with Gasteiger partial charge in [-0.25, -0.2) is 4.68 Å². The van der Waals surface area contributed by atoms with Gasteiger partial charge in [0, 0.05) is 13.1 Å². The molecule has 6 heteroatoms. The highest BCUT2D eigenvalue weighted by Gasteiger charge is 2.30. The van der Waals surface area contributed by atoms with Crippen molar-refractivity contribution in [1.82, 2.24) is 25.1 Å². The maximum Gasteiger partial charge on any atom is 0.252 e. The number of amides is 1. The standard InChI is InChI=1S/C16H19N5O/c1-12-8-10-20(11-9-12)16(22)15(14-6-4-3-5-7-14)21-13(2)17-18-19-21/h3-8,15H,9-11H2,1-2H3/t15-/m0/s1. The third kappa shape index (κ3) is 2.77. The molecule has 1 atom stereocenters. The Kier molecular flexibility index (Phi) is 4.00. The molecule has 0 fully saturated rings. The minimum Gasteiger partial charge on any atom is -0.336 e. The summed E-state index contributed by atoms with van der Waals surface area (Å²) in [6.45, 7) is 5.30. The Labute approximate surface area is 129 Å². The number of rotatable bonds is 3. The molecule has 0 saturated carbocycles. The molecule has 0 saturated heterocycles. The van der Waals surface area contributed by atoms with Crippen LogP contribution in [0.25, 0.3) is 0 Å². The Morgan fingerprint density at radius 2 is 2.00 bits per heavy atom. The average molecular weight is 297 g/mol. The van der Waals surface area contributed by atoms with E-state index in [0.29, 0.717) is 12.4 Å². The molecule has 1 aliphatic heterocycles. The van der Waals surface area contributed by atoms with Gasteiger partial charge in [0.25, 0.3) is 5.91 Å². The van der Waals surface area contributed by atoms with Gasteiger partial charge in [-0.05, 0) is 36.3 Å². The Morgan fingerprint density at radius 1 is 1.23 bits per heavy atom. The SMILES string of the molecule is CC1=CCN(C(=O)[C@H](c2ccccc2)n2nnnc2C)CC1. The first kappa shape index (κ1) is 14.4. The van der Waals surface area contributed by atoms with Crippen LogP contribution < -0.4 is 0 Å². The number of benzene rings is 1. The van der Waals surface area contributed by atoms with Gasteiger partial charge in [0.05, 0.1) is 0 Å². The molecule has 1 amide bonds. The van der Waals surface area contributed by atoms with E-state index in [4.69, 9.17) is 0 Å². The summed E-state index contributed by atoms with van der Waals surface area (Å²) in [4.78, 5) is 14.9. The molecule has 0 radical (unpaired) electrons. The van der Waals surface area contributed by atoms with Crippen molar-refractivity contribution in [1.29, 1.82) is 0 Å². The molecule has 0 N–H and O–H groups in total. The van der Waals surface area contributed by atoms with E-state index in [1.165, 1.54) is 5.57 Å². The zero-order chi connectivity index (χ0) is 15.5. The number of carbonyl (C=O) groups is 1. The molecule has 2 heterocycles. The maximum absolute atomic E-state index is 13.0. The first-order valence-corrected chi connectivity index (χ1v) is 7.40. The average Bonchev–Trinajstić information content (AvgIpc) is 2.95. The lowest BCUT2D eigenvalue weighted by Crippen LogP contribution is -2.40. The summed E-state index contributed by atoms with van der Waals surface area (Å²) in [5.41, 5.74) is 2.23. The van der Waals surface area contributed by atoms with Gasteiger partial charge in [-0.2, -0.15) is 0 Å². The van der Waals surface area contributed by atoms with Crippen LogP contribution in [0.3, 0.4) is 0 Å². The minimum atomic E-state index is -0.511. The van der Waals surface area contributed by atoms with Crippen LogP contribution >= 0.6 is 0 Å². The molecule has 22 heavy (non-hydrogen) atoms. The van der Waals surface area contributed by atoms with Gasteiger partial charge in [0.2, 0.25) is 0 Å². The molecule has 0 aliphatic carbocycles. The van der Waals surface area contributed by atoms with Crippen LogP contribution in [0.2, 0.25) is 0 Å². The van der Waals surface area contributed by atoms with Crippen LogP contribution in [0.5, 0.6) is 0 Å². The van der Waals surface area contributed by atoms with Gasteiger partial charge in [0.1, 0.15) is 5.82 Å². The summed E-state index contributed by atoms with van der Waals surface area (Å²) < 4.78 is 1.60.